The Bertz CT molecular complexity index is 6010. The molecule has 646 valence electrons. The molecule has 8 unspecified atom stereocenters. The minimum atomic E-state index is -3.51. The van der Waals surface area contributed by atoms with E-state index >= 15 is 0 Å². The fourth-order valence-electron chi connectivity index (χ4n) is 12.7. The molecule has 4 aliphatic heterocycles. The molecule has 0 bridgehead atoms. The molecule has 0 spiro atoms. The summed E-state index contributed by atoms with van der Waals surface area (Å²) in [5.41, 5.74) is 27.6. The van der Waals surface area contributed by atoms with Gasteiger partial charge in [-0.15, -0.1) is 11.8 Å². The van der Waals surface area contributed by atoms with E-state index in [2.05, 4.69) is 59.8 Å². The minimum absolute atomic E-state index is 0.00758. The number of thioether (sulfide) groups is 1. The van der Waals surface area contributed by atoms with E-state index in [1.807, 2.05) is 86.0 Å². The molecule has 16 rings (SSSR count). The lowest BCUT2D eigenvalue weighted by Crippen LogP contribution is -2.17. The van der Waals surface area contributed by atoms with Crippen LogP contribution in [-0.4, -0.2) is 184 Å². The van der Waals surface area contributed by atoms with Crippen LogP contribution in [0.1, 0.15) is 77.9 Å². The van der Waals surface area contributed by atoms with Gasteiger partial charge in [-0.1, -0.05) is 66.2 Å². The molecular formula is C72H88N20O23P4S2. The summed E-state index contributed by atoms with van der Waals surface area (Å²) in [6, 6.07) is 29.6. The molecule has 121 heavy (non-hydrogen) atoms. The van der Waals surface area contributed by atoms with Crippen molar-refractivity contribution in [2.75, 3.05) is 121 Å². The molecule has 0 saturated carbocycles. The second-order valence-corrected chi connectivity index (χ2v) is 38.2. The van der Waals surface area contributed by atoms with Gasteiger partial charge in [-0.25, -0.2) is 28.4 Å². The molecule has 0 amide bonds. The molecule has 4 saturated heterocycles. The number of hydrogen-bond acceptors (Lipinski definition) is 36. The van der Waals surface area contributed by atoms with Gasteiger partial charge in [-0.2, -0.15) is 19.9 Å². The zero-order chi connectivity index (χ0) is 85.6. The molecule has 8 aromatic heterocycles. The van der Waals surface area contributed by atoms with Gasteiger partial charge >= 0.3 is 30.4 Å². The van der Waals surface area contributed by atoms with Gasteiger partial charge in [-0.3, -0.25) is 75.5 Å². The highest BCUT2D eigenvalue weighted by Gasteiger charge is 2.39. The number of methoxy groups -OCH3 is 1. The first kappa shape index (κ1) is 88.8. The Kier molecular flexibility index (Phi) is 29.0. The summed E-state index contributed by atoms with van der Waals surface area (Å²) in [5, 5.41) is 0. The van der Waals surface area contributed by atoms with Crippen molar-refractivity contribution in [3.63, 3.8) is 0 Å². The van der Waals surface area contributed by atoms with E-state index in [1.54, 1.807) is 49.3 Å². The van der Waals surface area contributed by atoms with Gasteiger partial charge < -0.3 is 83.0 Å². The Hall–Kier alpha value is -9.98. The second kappa shape index (κ2) is 39.5. The number of hydrogen-bond donors (Lipinski definition) is 8. The number of rotatable bonds is 27. The molecule has 4 aromatic carbocycles. The van der Waals surface area contributed by atoms with E-state index < -0.39 is 68.6 Å². The van der Waals surface area contributed by atoms with Crippen LogP contribution < -0.4 is 49.9 Å². The number of nitrogens with zero attached hydrogens (tertiary/aromatic N) is 12. The standard InChI is InChI=1S/C18H22N5O7PS.C18H22N5O6P.C18H22N5O5PS.C18H22N5O5P/c1-32(26,27)13-4-2-12(3-5-13)14-6-8-29-31(25,30-14)11-28-9-7-23-10-20-15-16(23)21-18(19)22-17(15)24;1-26-13-4-2-12(3-5-13)14-6-8-28-30(25,29-14)11-27-9-7-23-10-20-15-16(23)21-18(19)22-17(15)24;1-30-13-4-2-12(3-5-13)14-6-8-27-29(25,28-14)11-26-9-7-23-10-20-15-16(23)21-18(19)22-17(15)24;1-12-2-4-13(5-3-12)14-6-8-27-29(25,28-14)11-26-9-7-23-10-20-15-16(23)21-18(19)22-17(15)24/h2-5,10,14H,6-9,11H2,1H3,(H3,19,21,22,24);2*2-5,10,14H,6-9,11H2,1H3,(H3,19,21,22,24);2-5,10,14H,6-9,11H2,1H3,(H3,19,21,22,24). The van der Waals surface area contributed by atoms with E-state index in [9.17, 15) is 45.9 Å². The Morgan fingerprint density at radius 3 is 0.959 bits per heavy atom. The highest BCUT2D eigenvalue weighted by molar-refractivity contribution is 7.98. The van der Waals surface area contributed by atoms with Gasteiger partial charge in [0, 0.05) is 63.0 Å². The molecule has 8 atom stereocenters. The lowest BCUT2D eigenvalue weighted by Gasteiger charge is -2.30. The van der Waals surface area contributed by atoms with Crippen molar-refractivity contribution in [3.8, 4) is 5.75 Å². The highest BCUT2D eigenvalue weighted by Crippen LogP contribution is 2.59. The largest absolute Gasteiger partial charge is 0.497 e. The predicted molar refractivity (Wildman–Crippen MR) is 443 cm³/mol. The first-order chi connectivity index (χ1) is 58.0. The number of nitrogens with one attached hydrogen (secondary N) is 4. The maximum absolute atomic E-state index is 12.9. The van der Waals surface area contributed by atoms with Crippen LogP contribution in [0.3, 0.4) is 0 Å². The first-order valence-electron chi connectivity index (χ1n) is 37.5. The number of nitrogen functional groups attached to an aromatic ring is 4. The van der Waals surface area contributed by atoms with Crippen molar-refractivity contribution < 1.29 is 86.6 Å². The summed E-state index contributed by atoms with van der Waals surface area (Å²) >= 11 is 1.66. The van der Waals surface area contributed by atoms with Crippen molar-refractivity contribution in [2.24, 2.45) is 0 Å². The number of imidazole rings is 4. The van der Waals surface area contributed by atoms with Gasteiger partial charge in [0.25, 0.3) is 22.2 Å². The van der Waals surface area contributed by atoms with Crippen LogP contribution in [0.5, 0.6) is 5.75 Å². The van der Waals surface area contributed by atoms with Gasteiger partial charge in [0.15, 0.2) is 54.5 Å². The lowest BCUT2D eigenvalue weighted by atomic mass is 10.1. The molecule has 12 aromatic rings. The smallest absolute Gasteiger partial charge is 0.356 e. The van der Waals surface area contributed by atoms with Crippen LogP contribution in [0.15, 0.2) is 151 Å². The molecule has 4 aliphatic rings. The van der Waals surface area contributed by atoms with Crippen LogP contribution in [0.4, 0.5) is 23.8 Å². The Morgan fingerprint density at radius 2 is 0.694 bits per heavy atom. The number of nitrogens with two attached hydrogens (primary N) is 4. The summed E-state index contributed by atoms with van der Waals surface area (Å²) < 4.78 is 153. The maximum Gasteiger partial charge on any atom is 0.356 e. The fraction of sp³-hybridized carbons (Fsp3) is 0.389. The van der Waals surface area contributed by atoms with Gasteiger partial charge in [-0.05, 0) is 71.8 Å². The third-order valence-electron chi connectivity index (χ3n) is 18.8. The number of benzene rings is 4. The summed E-state index contributed by atoms with van der Waals surface area (Å²) in [4.78, 5) is 90.6. The molecule has 49 heteroatoms. The molecule has 0 radical (unpaired) electrons. The normalized spacial score (nSPS) is 21.9. The summed E-state index contributed by atoms with van der Waals surface area (Å²) in [5.74, 6) is 0.756. The number of aromatic nitrogens is 16. The third-order valence-corrected chi connectivity index (χ3v) is 27.3. The molecule has 4 fully saturated rings. The van der Waals surface area contributed by atoms with Crippen LogP contribution in [0.25, 0.3) is 44.7 Å². The van der Waals surface area contributed by atoms with Crippen molar-refractivity contribution in [2.45, 2.75) is 93.0 Å². The first-order valence-corrected chi connectivity index (χ1v) is 47.5. The monoisotopic (exact) mass is 1790 g/mol. The molecule has 43 nitrogen and oxygen atoms in total. The van der Waals surface area contributed by atoms with Crippen molar-refractivity contribution in [1.29, 1.82) is 0 Å². The summed E-state index contributed by atoms with van der Waals surface area (Å²) in [7, 11) is -15.3. The summed E-state index contributed by atoms with van der Waals surface area (Å²) in [6.45, 7) is 5.34. The van der Waals surface area contributed by atoms with Crippen LogP contribution in [-0.2, 0) is 109 Å². The van der Waals surface area contributed by atoms with E-state index in [4.69, 9.17) is 82.8 Å². The fourth-order valence-corrected chi connectivity index (χ4v) is 20.0. The van der Waals surface area contributed by atoms with Crippen molar-refractivity contribution >= 4 is 120 Å². The van der Waals surface area contributed by atoms with Gasteiger partial charge in [0.2, 0.25) is 23.8 Å². The molecule has 0 aliphatic carbocycles. The number of aromatic amines is 4. The van der Waals surface area contributed by atoms with E-state index in [-0.39, 0.29) is 127 Å². The number of aryl methyl sites for hydroxylation is 1. The Balaban J connectivity index is 0.000000139. The van der Waals surface area contributed by atoms with Crippen LogP contribution in [0.2, 0.25) is 0 Å². The Labute approximate surface area is 692 Å². The van der Waals surface area contributed by atoms with Gasteiger partial charge in [0.05, 0.1) is 115 Å². The average Bonchev–Trinajstić information content (AvgIpc) is 1.57. The number of sulfone groups is 1. The topological polar surface area (TPSA) is 581 Å². The Morgan fingerprint density at radius 1 is 0.430 bits per heavy atom. The van der Waals surface area contributed by atoms with Crippen LogP contribution in [0, 0.1) is 6.92 Å². The average molecular weight is 1790 g/mol. The lowest BCUT2D eigenvalue weighted by molar-refractivity contribution is 0.0559. The van der Waals surface area contributed by atoms with Crippen molar-refractivity contribution in [3.05, 3.63) is 192 Å². The van der Waals surface area contributed by atoms with E-state index in [0.717, 1.165) is 39.2 Å². The SMILES string of the molecule is COc1ccc(C2CCOP(=O)(COCCn3cnc4c(=O)[nH]c(N)nc43)O2)cc1.CS(=O)(=O)c1ccc(C2CCOP(=O)(COCCn3cnc4c(=O)[nH]c(N)nc43)O2)cc1.CSc1ccc(C2CCOP(=O)(COCCn3cnc4c(=O)[nH]c(N)nc43)O2)cc1.Cc1ccc(C2CCOP(=O)(COCCn3cnc4c(=O)[nH]c(N)nc43)O2)cc1. The van der Waals surface area contributed by atoms with Crippen molar-refractivity contribution in [1.82, 2.24) is 78.1 Å². The van der Waals surface area contributed by atoms with E-state index in [0.29, 0.717) is 99.8 Å². The van der Waals surface area contributed by atoms with E-state index in [1.165, 1.54) is 37.4 Å². The third kappa shape index (κ3) is 23.0. The predicted octanol–water partition coefficient (Wildman–Crippen LogP) is 8.63. The zero-order valence-electron chi connectivity index (χ0n) is 65.7. The highest BCUT2D eigenvalue weighted by atomic mass is 32.2. The number of H-pyrrole nitrogens is 4. The maximum atomic E-state index is 12.9. The second-order valence-electron chi connectivity index (χ2n) is 27.5. The van der Waals surface area contributed by atoms with Gasteiger partial charge in [0.1, 0.15) is 31.1 Å². The zero-order valence-corrected chi connectivity index (χ0v) is 70.9. The van der Waals surface area contributed by atoms with Crippen LogP contribution >= 0.6 is 42.1 Å². The molecule has 12 heterocycles. The summed E-state index contributed by atoms with van der Waals surface area (Å²) in [6.07, 6.45) is 9.23. The number of ether oxygens (including phenoxy) is 5. The molecular weight excluding hydrogens is 1700 g/mol. The minimum Gasteiger partial charge on any atom is -0.497 e. The number of anilines is 4. The number of fused-ring (bicyclic) bond motifs is 4. The quantitative estimate of drug-likeness (QED) is 0.0136. The molecule has 12 N–H and O–H groups in total.